The van der Waals surface area contributed by atoms with Crippen molar-refractivity contribution >= 4 is 49.3 Å². The van der Waals surface area contributed by atoms with Crippen LogP contribution in [0.3, 0.4) is 0 Å². The van der Waals surface area contributed by atoms with Gasteiger partial charge in [0.25, 0.3) is 0 Å². The van der Waals surface area contributed by atoms with Crippen LogP contribution in [0.4, 0.5) is 0 Å². The molecular formula is C39H25N3. The van der Waals surface area contributed by atoms with Crippen LogP contribution in [-0.4, -0.2) is 14.0 Å². The van der Waals surface area contributed by atoms with Crippen molar-refractivity contribution in [3.05, 3.63) is 152 Å². The highest BCUT2D eigenvalue weighted by atomic mass is 15.1. The van der Waals surface area contributed by atoms with Gasteiger partial charge in [0.15, 0.2) is 0 Å². The molecule has 0 radical (unpaired) electrons. The lowest BCUT2D eigenvalue weighted by atomic mass is 10.0. The smallest absolute Gasteiger partial charge is 0.145 e. The molecule has 0 atom stereocenters. The molecule has 196 valence electrons. The fourth-order valence-corrected chi connectivity index (χ4v) is 6.54. The Balaban J connectivity index is 1.42. The van der Waals surface area contributed by atoms with Crippen molar-refractivity contribution in [3.8, 4) is 27.9 Å². The number of nitrogens with zero attached hydrogens (tertiary/aromatic N) is 3. The van der Waals surface area contributed by atoms with Gasteiger partial charge in [-0.3, -0.25) is 4.40 Å². The fraction of sp³-hybridized carbons (Fsp3) is 0. The van der Waals surface area contributed by atoms with Crippen LogP contribution in [0.1, 0.15) is 0 Å². The predicted octanol–water partition coefficient (Wildman–Crippen LogP) is 10.1. The molecule has 0 amide bonds. The molecule has 0 spiro atoms. The Morgan fingerprint density at radius 3 is 1.60 bits per heavy atom. The molecule has 3 nitrogen and oxygen atoms in total. The van der Waals surface area contributed by atoms with Gasteiger partial charge in [0.2, 0.25) is 0 Å². The van der Waals surface area contributed by atoms with Gasteiger partial charge in [-0.15, -0.1) is 0 Å². The Morgan fingerprint density at radius 2 is 0.952 bits per heavy atom. The largest absolute Gasteiger partial charge is 0.307 e. The Morgan fingerprint density at radius 1 is 0.405 bits per heavy atom. The topological polar surface area (TPSA) is 22.2 Å². The third kappa shape index (κ3) is 3.37. The Hall–Kier alpha value is -5.67. The van der Waals surface area contributed by atoms with Crippen LogP contribution in [0.5, 0.6) is 0 Å². The first-order chi connectivity index (χ1) is 20.8. The van der Waals surface area contributed by atoms with Crippen molar-refractivity contribution in [2.45, 2.75) is 0 Å². The molecule has 9 aromatic rings. The van der Waals surface area contributed by atoms with Crippen LogP contribution in [0, 0.1) is 0 Å². The number of rotatable bonds is 3. The lowest BCUT2D eigenvalue weighted by Crippen LogP contribution is -1.99. The van der Waals surface area contributed by atoms with E-state index in [0.717, 1.165) is 27.8 Å². The average molecular weight is 536 g/mol. The second kappa shape index (κ2) is 8.92. The summed E-state index contributed by atoms with van der Waals surface area (Å²) in [5, 5.41) is 4.80. The highest BCUT2D eigenvalue weighted by Gasteiger charge is 2.19. The zero-order valence-electron chi connectivity index (χ0n) is 22.8. The number of hydrogen-bond donors (Lipinski definition) is 0. The first-order valence-corrected chi connectivity index (χ1v) is 14.3. The van der Waals surface area contributed by atoms with Gasteiger partial charge in [0.05, 0.1) is 27.8 Å². The monoisotopic (exact) mass is 535 g/mol. The van der Waals surface area contributed by atoms with Crippen molar-refractivity contribution in [3.63, 3.8) is 0 Å². The van der Waals surface area contributed by atoms with Crippen molar-refractivity contribution in [2.75, 3.05) is 0 Å². The number of aromatic nitrogens is 3. The summed E-state index contributed by atoms with van der Waals surface area (Å²) in [5.74, 6) is 0. The number of para-hydroxylation sites is 2. The van der Waals surface area contributed by atoms with Crippen molar-refractivity contribution < 1.29 is 0 Å². The van der Waals surface area contributed by atoms with E-state index in [2.05, 4.69) is 161 Å². The molecular weight excluding hydrogens is 510 g/mol. The summed E-state index contributed by atoms with van der Waals surface area (Å²) < 4.78 is 4.69. The second-order valence-corrected chi connectivity index (χ2v) is 10.9. The Kier molecular flexibility index (Phi) is 4.90. The molecule has 0 saturated heterocycles. The van der Waals surface area contributed by atoms with Gasteiger partial charge in [-0.05, 0) is 58.7 Å². The highest BCUT2D eigenvalue weighted by Crippen LogP contribution is 2.39. The van der Waals surface area contributed by atoms with E-state index in [1.54, 1.807) is 0 Å². The van der Waals surface area contributed by atoms with Gasteiger partial charge >= 0.3 is 0 Å². The molecule has 42 heavy (non-hydrogen) atoms. The van der Waals surface area contributed by atoms with E-state index in [-0.39, 0.29) is 0 Å². The molecule has 0 aliphatic rings. The summed E-state index contributed by atoms with van der Waals surface area (Å²) in [4.78, 5) is 5.03. The van der Waals surface area contributed by atoms with Gasteiger partial charge in [-0.2, -0.15) is 0 Å². The van der Waals surface area contributed by atoms with Crippen molar-refractivity contribution in [1.29, 1.82) is 0 Å². The van der Waals surface area contributed by atoms with E-state index in [1.165, 1.54) is 49.4 Å². The molecule has 0 fully saturated rings. The zero-order valence-corrected chi connectivity index (χ0v) is 22.8. The summed E-state index contributed by atoms with van der Waals surface area (Å²) in [7, 11) is 0. The summed E-state index contributed by atoms with van der Waals surface area (Å²) in [6.07, 6.45) is 2.27. The Labute approximate surface area is 242 Å². The molecule has 3 aromatic heterocycles. The van der Waals surface area contributed by atoms with Crippen LogP contribution in [0.15, 0.2) is 152 Å². The van der Waals surface area contributed by atoms with Gasteiger partial charge in [-0.1, -0.05) is 109 Å². The van der Waals surface area contributed by atoms with Crippen LogP contribution in [-0.2, 0) is 0 Å². The molecule has 0 saturated carbocycles. The summed E-state index contributed by atoms with van der Waals surface area (Å²) in [6.45, 7) is 0. The molecule has 0 bridgehead atoms. The molecule has 3 heterocycles. The van der Waals surface area contributed by atoms with E-state index >= 15 is 0 Å². The number of benzene rings is 6. The van der Waals surface area contributed by atoms with Gasteiger partial charge in [0.1, 0.15) is 5.65 Å². The molecule has 0 aliphatic heterocycles. The summed E-state index contributed by atoms with van der Waals surface area (Å²) in [6, 6.07) is 52.1. The first-order valence-electron chi connectivity index (χ1n) is 14.3. The van der Waals surface area contributed by atoms with E-state index in [1.807, 2.05) is 0 Å². The second-order valence-electron chi connectivity index (χ2n) is 10.9. The summed E-state index contributed by atoms with van der Waals surface area (Å²) >= 11 is 0. The zero-order chi connectivity index (χ0) is 27.6. The maximum Gasteiger partial charge on any atom is 0.145 e. The van der Waals surface area contributed by atoms with Gasteiger partial charge < -0.3 is 4.57 Å². The van der Waals surface area contributed by atoms with Crippen LogP contribution in [0.25, 0.3) is 77.2 Å². The third-order valence-corrected chi connectivity index (χ3v) is 8.51. The van der Waals surface area contributed by atoms with E-state index in [4.69, 9.17) is 4.98 Å². The van der Waals surface area contributed by atoms with Crippen LogP contribution < -0.4 is 0 Å². The number of imidazole rings is 1. The number of hydrogen-bond acceptors (Lipinski definition) is 1. The molecule has 6 aromatic carbocycles. The van der Waals surface area contributed by atoms with Gasteiger partial charge in [-0.25, -0.2) is 4.98 Å². The van der Waals surface area contributed by atoms with Crippen molar-refractivity contribution in [1.82, 2.24) is 14.0 Å². The molecule has 3 heteroatoms. The SMILES string of the molecule is c1ccc(-c2ccc3c(c2)c2cc(-c4ccccc4)ccc2n3-c2cn3c4ccccc4nc3c3ccccc23)cc1. The maximum atomic E-state index is 5.03. The van der Waals surface area contributed by atoms with Crippen LogP contribution in [0.2, 0.25) is 0 Å². The van der Waals surface area contributed by atoms with Gasteiger partial charge in [0, 0.05) is 27.7 Å². The maximum absolute atomic E-state index is 5.03. The molecule has 0 unspecified atom stereocenters. The standard InChI is InChI=1S/C39H25N3/c1-3-11-26(12-4-1)28-19-21-35-32(23-28)33-24-29(27-13-5-2-6-14-27)20-22-36(33)42(35)38-25-41-37-18-10-9-17-34(37)40-39(41)31-16-8-7-15-30(31)38/h1-25H. The van der Waals surface area contributed by atoms with Crippen molar-refractivity contribution in [2.24, 2.45) is 0 Å². The molecule has 9 rings (SSSR count). The molecule has 0 aliphatic carbocycles. The first kappa shape index (κ1) is 23.1. The normalized spacial score (nSPS) is 11.8. The lowest BCUT2D eigenvalue weighted by molar-refractivity contribution is 1.14. The number of fused-ring (bicyclic) bond motifs is 8. The minimum atomic E-state index is 0.981. The third-order valence-electron chi connectivity index (χ3n) is 8.51. The van der Waals surface area contributed by atoms with E-state index < -0.39 is 0 Å². The number of pyridine rings is 1. The lowest BCUT2D eigenvalue weighted by Gasteiger charge is -2.14. The minimum Gasteiger partial charge on any atom is -0.307 e. The van der Waals surface area contributed by atoms with Crippen LogP contribution >= 0.6 is 0 Å². The predicted molar refractivity (Wildman–Crippen MR) is 175 cm³/mol. The fourth-order valence-electron chi connectivity index (χ4n) is 6.54. The molecule has 0 N–H and O–H groups in total. The minimum absolute atomic E-state index is 0.981. The quantitative estimate of drug-likeness (QED) is 0.221. The average Bonchev–Trinajstić information content (AvgIpc) is 3.60. The van der Waals surface area contributed by atoms with E-state index in [9.17, 15) is 0 Å². The Bertz CT molecular complexity index is 2350. The highest BCUT2D eigenvalue weighted by molar-refractivity contribution is 6.13. The summed E-state index contributed by atoms with van der Waals surface area (Å²) in [5.41, 5.74) is 11.5. The van der Waals surface area contributed by atoms with E-state index in [0.29, 0.717) is 0 Å².